The summed E-state index contributed by atoms with van der Waals surface area (Å²) in [5.41, 5.74) is 2.49. The zero-order valence-corrected chi connectivity index (χ0v) is 5.65. The van der Waals surface area contributed by atoms with Gasteiger partial charge in [-0.05, 0) is 18.1 Å². The highest BCUT2D eigenvalue weighted by Gasteiger charge is 1.93. The van der Waals surface area contributed by atoms with E-state index in [1.54, 1.807) is 0 Å². The minimum Gasteiger partial charge on any atom is -0.364 e. The summed E-state index contributed by atoms with van der Waals surface area (Å²) in [7, 11) is 0. The Bertz CT molecular complexity index is 198. The molecule has 0 radical (unpaired) electrons. The molecule has 9 heavy (non-hydrogen) atoms. The maximum Gasteiger partial charge on any atom is 0.0217 e. The van der Waals surface area contributed by atoms with Crippen LogP contribution in [-0.4, -0.2) is 4.98 Å². The van der Waals surface area contributed by atoms with Gasteiger partial charge >= 0.3 is 0 Å². The van der Waals surface area contributed by atoms with E-state index in [0.717, 1.165) is 6.42 Å². The van der Waals surface area contributed by atoms with Crippen molar-refractivity contribution in [2.75, 3.05) is 0 Å². The van der Waals surface area contributed by atoms with Gasteiger partial charge in [0, 0.05) is 11.9 Å². The summed E-state index contributed by atoms with van der Waals surface area (Å²) in [5, 5.41) is 0. The average molecular weight is 121 g/mol. The minimum absolute atomic E-state index is 1.05. The molecule has 1 nitrogen and oxygen atoms in total. The Morgan fingerprint density at radius 1 is 1.78 bits per heavy atom. The lowest BCUT2D eigenvalue weighted by Gasteiger charge is -1.90. The Morgan fingerprint density at radius 2 is 2.56 bits per heavy atom. The van der Waals surface area contributed by atoms with Crippen molar-refractivity contribution in [3.8, 4) is 0 Å². The normalized spacial score (nSPS) is 9.44. The molecule has 0 fully saturated rings. The van der Waals surface area contributed by atoms with Crippen LogP contribution in [0.3, 0.4) is 0 Å². The minimum atomic E-state index is 1.05. The third kappa shape index (κ3) is 1.04. The molecule has 0 unspecified atom stereocenters. The number of H-pyrrole nitrogens is 1. The van der Waals surface area contributed by atoms with E-state index < -0.39 is 0 Å². The molecule has 0 aliphatic rings. The van der Waals surface area contributed by atoms with Gasteiger partial charge in [0.25, 0.3) is 0 Å². The van der Waals surface area contributed by atoms with E-state index in [9.17, 15) is 0 Å². The third-order valence-corrected chi connectivity index (χ3v) is 1.44. The van der Waals surface area contributed by atoms with Crippen molar-refractivity contribution >= 4 is 6.08 Å². The van der Waals surface area contributed by atoms with E-state index in [4.69, 9.17) is 0 Å². The molecule has 0 saturated heterocycles. The average Bonchev–Trinajstić information content (AvgIpc) is 2.33. The fourth-order valence-electron chi connectivity index (χ4n) is 0.913. The van der Waals surface area contributed by atoms with Crippen LogP contribution in [0.4, 0.5) is 0 Å². The SMILES string of the molecule is C=Cc1cc[nH]c1CC. The number of rotatable bonds is 2. The van der Waals surface area contributed by atoms with Crippen LogP contribution in [0.1, 0.15) is 18.2 Å². The van der Waals surface area contributed by atoms with Gasteiger partial charge in [-0.1, -0.05) is 19.6 Å². The van der Waals surface area contributed by atoms with Crippen molar-refractivity contribution < 1.29 is 0 Å². The van der Waals surface area contributed by atoms with E-state index >= 15 is 0 Å². The second-order valence-corrected chi connectivity index (χ2v) is 1.97. The van der Waals surface area contributed by atoms with E-state index in [1.807, 2.05) is 18.3 Å². The first-order valence-electron chi connectivity index (χ1n) is 3.17. The molecule has 0 amide bonds. The van der Waals surface area contributed by atoms with Crippen LogP contribution in [-0.2, 0) is 6.42 Å². The van der Waals surface area contributed by atoms with Gasteiger partial charge in [-0.3, -0.25) is 0 Å². The van der Waals surface area contributed by atoms with Gasteiger partial charge < -0.3 is 4.98 Å². The predicted octanol–water partition coefficient (Wildman–Crippen LogP) is 2.22. The summed E-state index contributed by atoms with van der Waals surface area (Å²) in [6.07, 6.45) is 4.86. The first-order chi connectivity index (χ1) is 4.38. The summed E-state index contributed by atoms with van der Waals surface area (Å²) >= 11 is 0. The second-order valence-electron chi connectivity index (χ2n) is 1.97. The molecule has 1 aromatic rings. The number of nitrogens with one attached hydrogen (secondary N) is 1. The molecule has 0 saturated carbocycles. The molecule has 0 aliphatic carbocycles. The van der Waals surface area contributed by atoms with Gasteiger partial charge in [0.15, 0.2) is 0 Å². The first-order valence-corrected chi connectivity index (χ1v) is 3.17. The van der Waals surface area contributed by atoms with Gasteiger partial charge in [-0.15, -0.1) is 0 Å². The summed E-state index contributed by atoms with van der Waals surface area (Å²) < 4.78 is 0. The van der Waals surface area contributed by atoms with Gasteiger partial charge in [-0.25, -0.2) is 0 Å². The van der Waals surface area contributed by atoms with Crippen molar-refractivity contribution in [3.63, 3.8) is 0 Å². The molecule has 0 bridgehead atoms. The van der Waals surface area contributed by atoms with Crippen molar-refractivity contribution in [2.24, 2.45) is 0 Å². The molecule has 0 spiro atoms. The summed E-state index contributed by atoms with van der Waals surface area (Å²) in [6, 6.07) is 2.03. The standard InChI is InChI=1S/C8H11N/c1-3-7-5-6-9-8(7)4-2/h3,5-6,9H,1,4H2,2H3. The number of hydrogen-bond acceptors (Lipinski definition) is 0. The molecule has 1 rings (SSSR count). The van der Waals surface area contributed by atoms with E-state index in [-0.39, 0.29) is 0 Å². The predicted molar refractivity (Wildman–Crippen MR) is 40.3 cm³/mol. The Kier molecular flexibility index (Phi) is 1.73. The quantitative estimate of drug-likeness (QED) is 0.617. The Hall–Kier alpha value is -0.980. The molecule has 1 heteroatoms. The molecule has 48 valence electrons. The largest absolute Gasteiger partial charge is 0.364 e. The Labute approximate surface area is 55.4 Å². The fraction of sp³-hybridized carbons (Fsp3) is 0.250. The van der Waals surface area contributed by atoms with E-state index in [0.29, 0.717) is 0 Å². The zero-order valence-electron chi connectivity index (χ0n) is 5.65. The van der Waals surface area contributed by atoms with Crippen molar-refractivity contribution in [2.45, 2.75) is 13.3 Å². The van der Waals surface area contributed by atoms with Crippen LogP contribution < -0.4 is 0 Å². The lowest BCUT2D eigenvalue weighted by Crippen LogP contribution is -1.80. The number of aromatic amines is 1. The molecular weight excluding hydrogens is 110 g/mol. The van der Waals surface area contributed by atoms with Crippen molar-refractivity contribution in [1.29, 1.82) is 0 Å². The zero-order chi connectivity index (χ0) is 6.69. The molecular formula is C8H11N. The molecule has 1 aromatic heterocycles. The second kappa shape index (κ2) is 2.53. The molecule has 0 aliphatic heterocycles. The van der Waals surface area contributed by atoms with E-state index in [1.165, 1.54) is 11.3 Å². The number of hydrogen-bond donors (Lipinski definition) is 1. The lowest BCUT2D eigenvalue weighted by molar-refractivity contribution is 1.06. The maximum atomic E-state index is 3.69. The van der Waals surface area contributed by atoms with Gasteiger partial charge in [0.2, 0.25) is 0 Å². The molecule has 0 aromatic carbocycles. The van der Waals surface area contributed by atoms with Crippen molar-refractivity contribution in [3.05, 3.63) is 30.1 Å². The summed E-state index contributed by atoms with van der Waals surface area (Å²) in [5.74, 6) is 0. The first kappa shape index (κ1) is 6.14. The fourth-order valence-corrected chi connectivity index (χ4v) is 0.913. The lowest BCUT2D eigenvalue weighted by atomic mass is 10.2. The van der Waals surface area contributed by atoms with Crippen LogP contribution in [0.25, 0.3) is 6.08 Å². The van der Waals surface area contributed by atoms with Crippen molar-refractivity contribution in [1.82, 2.24) is 4.98 Å². The third-order valence-electron chi connectivity index (χ3n) is 1.44. The molecule has 1 N–H and O–H groups in total. The summed E-state index contributed by atoms with van der Waals surface area (Å²) in [6.45, 7) is 5.82. The van der Waals surface area contributed by atoms with E-state index in [2.05, 4.69) is 18.5 Å². The number of aryl methyl sites for hydroxylation is 1. The van der Waals surface area contributed by atoms with Gasteiger partial charge in [0.05, 0.1) is 0 Å². The van der Waals surface area contributed by atoms with Crippen LogP contribution in [0.15, 0.2) is 18.8 Å². The van der Waals surface area contributed by atoms with Crippen LogP contribution in [0.5, 0.6) is 0 Å². The van der Waals surface area contributed by atoms with Crippen LogP contribution in [0.2, 0.25) is 0 Å². The maximum absolute atomic E-state index is 3.69. The number of aromatic nitrogens is 1. The Balaban J connectivity index is 2.98. The van der Waals surface area contributed by atoms with Gasteiger partial charge in [0.1, 0.15) is 0 Å². The van der Waals surface area contributed by atoms with Crippen LogP contribution >= 0.6 is 0 Å². The monoisotopic (exact) mass is 121 g/mol. The highest BCUT2D eigenvalue weighted by Crippen LogP contribution is 2.07. The molecule has 1 heterocycles. The van der Waals surface area contributed by atoms with Crippen LogP contribution in [0, 0.1) is 0 Å². The Morgan fingerprint density at radius 3 is 3.00 bits per heavy atom. The highest BCUT2D eigenvalue weighted by atomic mass is 14.7. The smallest absolute Gasteiger partial charge is 0.0217 e. The van der Waals surface area contributed by atoms with Gasteiger partial charge in [-0.2, -0.15) is 0 Å². The summed E-state index contributed by atoms with van der Waals surface area (Å²) in [4.78, 5) is 3.14. The topological polar surface area (TPSA) is 15.8 Å². The highest BCUT2D eigenvalue weighted by molar-refractivity contribution is 5.49. The molecule has 0 atom stereocenters.